The molecule has 1 aliphatic heterocycles. The number of aliphatic hydroxyl groups excluding tert-OH is 1. The molecule has 2 fully saturated rings. The van der Waals surface area contributed by atoms with Gasteiger partial charge in [-0.15, -0.1) is 0 Å². The highest BCUT2D eigenvalue weighted by atomic mass is 19.1. The minimum absolute atomic E-state index is 0.154. The second-order valence-electron chi connectivity index (χ2n) is 7.01. The summed E-state index contributed by atoms with van der Waals surface area (Å²) in [6, 6.07) is 6.62. The molecule has 24 heavy (non-hydrogen) atoms. The molecule has 1 aromatic rings. The molecule has 1 aliphatic carbocycles. The van der Waals surface area contributed by atoms with E-state index in [1.165, 1.54) is 6.07 Å². The molecule has 4 nitrogen and oxygen atoms in total. The van der Waals surface area contributed by atoms with Gasteiger partial charge in [0.15, 0.2) is 0 Å². The molecule has 0 bridgehead atoms. The van der Waals surface area contributed by atoms with Crippen LogP contribution in [0.25, 0.3) is 0 Å². The molecule has 0 radical (unpaired) electrons. The number of β-amino-alcohol motifs (C(OH)–C–C–N with tert-alkyl or cyclic N) is 1. The van der Waals surface area contributed by atoms with Crippen LogP contribution >= 0.6 is 0 Å². The molecule has 1 N–H and O–H groups in total. The highest BCUT2D eigenvalue weighted by molar-refractivity contribution is 5.88. The van der Waals surface area contributed by atoms with Crippen LogP contribution in [0.5, 0.6) is 0 Å². The number of carbonyl (C=O) groups excluding carboxylic acids is 1. The van der Waals surface area contributed by atoms with Crippen LogP contribution in [0.2, 0.25) is 0 Å². The minimum atomic E-state index is -0.556. The summed E-state index contributed by atoms with van der Waals surface area (Å²) in [5, 5.41) is 9.06. The van der Waals surface area contributed by atoms with E-state index >= 15 is 0 Å². The smallest absolute Gasteiger partial charge is 0.233 e. The van der Waals surface area contributed by atoms with Crippen molar-refractivity contribution in [1.29, 1.82) is 0 Å². The Labute approximate surface area is 143 Å². The van der Waals surface area contributed by atoms with E-state index in [9.17, 15) is 9.18 Å². The fourth-order valence-electron chi connectivity index (χ4n) is 4.19. The van der Waals surface area contributed by atoms with Gasteiger partial charge in [0.1, 0.15) is 5.82 Å². The van der Waals surface area contributed by atoms with E-state index in [-0.39, 0.29) is 18.3 Å². The molecule has 1 amide bonds. The van der Waals surface area contributed by atoms with Gasteiger partial charge in [-0.25, -0.2) is 4.39 Å². The Morgan fingerprint density at radius 3 is 2.46 bits per heavy atom. The lowest BCUT2D eigenvalue weighted by Gasteiger charge is -2.43. The van der Waals surface area contributed by atoms with E-state index in [4.69, 9.17) is 5.11 Å². The summed E-state index contributed by atoms with van der Waals surface area (Å²) in [5.74, 6) is -0.102. The average molecular weight is 334 g/mol. The van der Waals surface area contributed by atoms with Gasteiger partial charge in [-0.05, 0) is 30.5 Å². The maximum Gasteiger partial charge on any atom is 0.233 e. The van der Waals surface area contributed by atoms with Crippen LogP contribution in [-0.4, -0.2) is 60.1 Å². The number of hydrogen-bond donors (Lipinski definition) is 1. The number of amides is 1. The van der Waals surface area contributed by atoms with Crippen molar-refractivity contribution in [2.75, 3.05) is 39.3 Å². The van der Waals surface area contributed by atoms with Crippen molar-refractivity contribution in [1.82, 2.24) is 9.80 Å². The van der Waals surface area contributed by atoms with E-state index in [0.717, 1.165) is 50.8 Å². The third-order valence-electron chi connectivity index (χ3n) is 5.57. The van der Waals surface area contributed by atoms with E-state index in [1.807, 2.05) is 11.0 Å². The Morgan fingerprint density at radius 2 is 1.83 bits per heavy atom. The molecule has 1 heterocycles. The maximum absolute atomic E-state index is 13.8. The van der Waals surface area contributed by atoms with Gasteiger partial charge in [0.2, 0.25) is 5.91 Å². The molecule has 0 aromatic heterocycles. The number of nitrogens with zero attached hydrogens (tertiary/aromatic N) is 2. The molecule has 1 saturated heterocycles. The first-order valence-electron chi connectivity index (χ1n) is 9.04. The molecule has 5 heteroatoms. The summed E-state index contributed by atoms with van der Waals surface area (Å²) >= 11 is 0. The topological polar surface area (TPSA) is 43.8 Å². The first-order valence-corrected chi connectivity index (χ1v) is 9.04. The van der Waals surface area contributed by atoms with Gasteiger partial charge in [0.05, 0.1) is 12.0 Å². The molecule has 1 saturated carbocycles. The van der Waals surface area contributed by atoms with Gasteiger partial charge in [-0.2, -0.15) is 0 Å². The first-order chi connectivity index (χ1) is 11.7. The standard InChI is InChI=1S/C19H27FN2O2/c20-17-6-4-5-16(15-17)19(7-2-1-3-8-19)18(24)22-11-9-21(10-12-22)13-14-23/h4-6,15,23H,1-3,7-14H2. The van der Waals surface area contributed by atoms with Crippen LogP contribution in [-0.2, 0) is 10.2 Å². The molecule has 2 aliphatic rings. The van der Waals surface area contributed by atoms with E-state index in [0.29, 0.717) is 19.6 Å². The molecule has 3 rings (SSSR count). The Morgan fingerprint density at radius 1 is 1.12 bits per heavy atom. The molecule has 0 unspecified atom stereocenters. The third kappa shape index (κ3) is 3.47. The first kappa shape index (κ1) is 17.4. The van der Waals surface area contributed by atoms with Crippen molar-refractivity contribution in [3.05, 3.63) is 35.6 Å². The van der Waals surface area contributed by atoms with Crippen molar-refractivity contribution in [3.63, 3.8) is 0 Å². The summed E-state index contributed by atoms with van der Waals surface area (Å²) in [4.78, 5) is 17.5. The average Bonchev–Trinajstić information content (AvgIpc) is 2.63. The fourth-order valence-corrected chi connectivity index (χ4v) is 4.19. The lowest BCUT2D eigenvalue weighted by Crippen LogP contribution is -2.55. The number of benzene rings is 1. The monoisotopic (exact) mass is 334 g/mol. The van der Waals surface area contributed by atoms with Crippen LogP contribution < -0.4 is 0 Å². The highest BCUT2D eigenvalue weighted by Crippen LogP contribution is 2.41. The zero-order valence-electron chi connectivity index (χ0n) is 14.2. The highest BCUT2D eigenvalue weighted by Gasteiger charge is 2.44. The van der Waals surface area contributed by atoms with Gasteiger partial charge in [-0.1, -0.05) is 31.4 Å². The second kappa shape index (κ2) is 7.62. The molecule has 0 atom stereocenters. The van der Waals surface area contributed by atoms with Crippen LogP contribution in [0.1, 0.15) is 37.7 Å². The SMILES string of the molecule is O=C(N1CCN(CCO)CC1)C1(c2cccc(F)c2)CCCCC1. The van der Waals surface area contributed by atoms with Crippen LogP contribution in [0.3, 0.4) is 0 Å². The van der Waals surface area contributed by atoms with Crippen molar-refractivity contribution < 1.29 is 14.3 Å². The number of hydrogen-bond acceptors (Lipinski definition) is 3. The quantitative estimate of drug-likeness (QED) is 0.918. The minimum Gasteiger partial charge on any atom is -0.395 e. The van der Waals surface area contributed by atoms with Gasteiger partial charge < -0.3 is 10.0 Å². The third-order valence-corrected chi connectivity index (χ3v) is 5.57. The van der Waals surface area contributed by atoms with Gasteiger partial charge in [-0.3, -0.25) is 9.69 Å². The maximum atomic E-state index is 13.8. The van der Waals surface area contributed by atoms with Crippen molar-refractivity contribution in [3.8, 4) is 0 Å². The van der Waals surface area contributed by atoms with Crippen LogP contribution in [0.4, 0.5) is 4.39 Å². The van der Waals surface area contributed by atoms with Gasteiger partial charge >= 0.3 is 0 Å². The molecule has 0 spiro atoms. The van der Waals surface area contributed by atoms with Crippen LogP contribution in [0, 0.1) is 5.82 Å². The number of rotatable bonds is 4. The normalized spacial score (nSPS) is 21.7. The number of aliphatic hydroxyl groups is 1. The van der Waals surface area contributed by atoms with Gasteiger partial charge in [0, 0.05) is 32.7 Å². The molecular weight excluding hydrogens is 307 g/mol. The lowest BCUT2D eigenvalue weighted by atomic mass is 9.68. The molecule has 1 aromatic carbocycles. The summed E-state index contributed by atoms with van der Waals surface area (Å²) in [7, 11) is 0. The number of piperazine rings is 1. The number of halogens is 1. The second-order valence-corrected chi connectivity index (χ2v) is 7.01. The van der Waals surface area contributed by atoms with E-state index < -0.39 is 5.41 Å². The zero-order chi connectivity index (χ0) is 17.0. The Bertz CT molecular complexity index is 564. The largest absolute Gasteiger partial charge is 0.395 e. The van der Waals surface area contributed by atoms with E-state index in [1.54, 1.807) is 12.1 Å². The van der Waals surface area contributed by atoms with Crippen molar-refractivity contribution in [2.24, 2.45) is 0 Å². The van der Waals surface area contributed by atoms with Crippen molar-refractivity contribution >= 4 is 5.91 Å². The Hall–Kier alpha value is -1.46. The lowest BCUT2D eigenvalue weighted by molar-refractivity contribution is -0.140. The van der Waals surface area contributed by atoms with Crippen LogP contribution in [0.15, 0.2) is 24.3 Å². The van der Waals surface area contributed by atoms with E-state index in [2.05, 4.69) is 4.90 Å². The zero-order valence-corrected chi connectivity index (χ0v) is 14.2. The predicted octanol–water partition coefficient (Wildman–Crippen LogP) is 2.16. The Balaban J connectivity index is 1.80. The summed E-state index contributed by atoms with van der Waals surface area (Å²) in [6.07, 6.45) is 4.81. The van der Waals surface area contributed by atoms with Gasteiger partial charge in [0.25, 0.3) is 0 Å². The summed E-state index contributed by atoms with van der Waals surface area (Å²) in [5.41, 5.74) is 0.282. The Kier molecular flexibility index (Phi) is 5.51. The summed E-state index contributed by atoms with van der Waals surface area (Å²) < 4.78 is 13.8. The fraction of sp³-hybridized carbons (Fsp3) is 0.632. The molecule has 132 valence electrons. The molecular formula is C19H27FN2O2. The number of carbonyl (C=O) groups is 1. The van der Waals surface area contributed by atoms with Crippen molar-refractivity contribution in [2.45, 2.75) is 37.5 Å². The predicted molar refractivity (Wildman–Crippen MR) is 91.3 cm³/mol. The summed E-state index contributed by atoms with van der Waals surface area (Å²) in [6.45, 7) is 3.79.